The minimum absolute atomic E-state index is 0. The monoisotopic (exact) mass is 1840 g/mol. The van der Waals surface area contributed by atoms with Gasteiger partial charge in [-0.2, -0.15) is 27.0 Å². The zero-order valence-electron chi connectivity index (χ0n) is 73.7. The summed E-state index contributed by atoms with van der Waals surface area (Å²) in [6.45, 7) is 38.9. The number of primary amides is 2. The number of hydrogen-bond acceptors (Lipinski definition) is 12. The lowest BCUT2D eigenvalue weighted by atomic mass is 9.99. The van der Waals surface area contributed by atoms with Crippen LogP contribution in [-0.4, -0.2) is 114 Å². The lowest BCUT2D eigenvalue weighted by molar-refractivity contribution is -0.136. The normalized spacial score (nSPS) is 11.4. The fourth-order valence-corrected chi connectivity index (χ4v) is 15.2. The number of unbranched alkanes of at least 4 members (excludes halogenated alkanes) is 2. The highest BCUT2D eigenvalue weighted by Crippen LogP contribution is 2.41. The summed E-state index contributed by atoms with van der Waals surface area (Å²) in [6.07, 6.45) is 7.98. The van der Waals surface area contributed by atoms with Gasteiger partial charge in [-0.25, -0.2) is 0 Å². The van der Waals surface area contributed by atoms with Crippen molar-refractivity contribution in [2.75, 3.05) is 26.2 Å². The number of carbonyl (C=O) groups excluding carboxylic acids is 4. The summed E-state index contributed by atoms with van der Waals surface area (Å²) in [6, 6.07) is 62.6. The standard InChI is InChI=1S/C36H51ClN2O2Si.C30H37ClN2O2.C14H22ClNO2Si.C8H8ClNO2.C8H7ClO3.2H2S/c1-35(2,3)39(25-15-14-18-28-16-10-9-11-17-28)34(40)31-20-13-12-19-30(31)27-38-24-23-29-21-22-33(32(37)26-29)41-42(7,8)36(4,5)6;1-30(2,3)33(20-10-9-13-23-11-5-4-6-12-23)29(35)26-15-8-7-14-25(26)22-32-19-18-24-16-17-28(34)27(31)21-24;1-14(2,3)19(4,5)18-12-7-6-10(8-11(12)15)9-13(16)17;9-6-3-5(4-8(10)12)1-2-7(6)11;9-6-3-5(4-8(11)12)1-2-7(6)10;;/h9-13,16-17,19-22,26,38H,14-15,18,23-25,27H2,1-8H3;4-8,11-12,14-17,21,32,34H,9-10,13,18-20,22H2,1-3H3;6-8H,9H2,1-5H3,(H2,16,17);1-3,11H,4H2,(H2,10,12);1-3,10H,4H2,(H,11,12);2*1H2. The topological polar surface area (TPSA) is 267 Å². The van der Waals surface area contributed by atoms with Crippen LogP contribution in [0.4, 0.5) is 0 Å². The molecule has 0 saturated heterocycles. The van der Waals surface area contributed by atoms with Gasteiger partial charge in [-0.05, 0) is 265 Å². The van der Waals surface area contributed by atoms with Crippen LogP contribution in [0, 0.1) is 0 Å². The largest absolute Gasteiger partial charge is 0.543 e. The van der Waals surface area contributed by atoms with Crippen LogP contribution in [0.2, 0.25) is 61.4 Å². The fraction of sp³-hybridized carbons (Fsp3) is 0.385. The Morgan fingerprint density at radius 2 is 0.672 bits per heavy atom. The van der Waals surface area contributed by atoms with Gasteiger partial charge in [-0.3, -0.25) is 24.0 Å². The molecule has 0 aliphatic rings. The minimum atomic E-state index is -1.95. The van der Waals surface area contributed by atoms with Crippen LogP contribution in [-0.2, 0) is 72.4 Å². The molecular weight excluding hydrogens is 1710 g/mol. The summed E-state index contributed by atoms with van der Waals surface area (Å²) < 4.78 is 12.6. The number of amides is 4. The Bertz CT molecular complexity index is 4730. The number of phenolic OH excluding ortho intramolecular Hbond substituents is 3. The molecule has 0 heterocycles. The van der Waals surface area contributed by atoms with Crippen molar-refractivity contribution in [2.24, 2.45) is 11.5 Å². The molecule has 0 radical (unpaired) electrons. The molecule has 0 unspecified atom stereocenters. The van der Waals surface area contributed by atoms with Crippen molar-refractivity contribution in [3.63, 3.8) is 0 Å². The molecule has 9 rings (SSSR count). The van der Waals surface area contributed by atoms with E-state index in [9.17, 15) is 29.1 Å². The number of aryl methyl sites for hydroxylation is 2. The van der Waals surface area contributed by atoms with Crippen molar-refractivity contribution >= 4 is 131 Å². The molecule has 0 spiro atoms. The van der Waals surface area contributed by atoms with Gasteiger partial charge in [0.2, 0.25) is 11.8 Å². The summed E-state index contributed by atoms with van der Waals surface area (Å²) in [5.41, 5.74) is 20.2. The number of carboxylic acids is 1. The highest BCUT2D eigenvalue weighted by Gasteiger charge is 2.41. The van der Waals surface area contributed by atoms with E-state index < -0.39 is 28.5 Å². The third kappa shape index (κ3) is 37.7. The van der Waals surface area contributed by atoms with Gasteiger partial charge in [0.25, 0.3) is 28.4 Å². The average molecular weight is 1840 g/mol. The van der Waals surface area contributed by atoms with Crippen molar-refractivity contribution in [3.8, 4) is 28.7 Å². The molecule has 0 saturated carbocycles. The third-order valence-corrected chi connectivity index (χ3v) is 31.0. The van der Waals surface area contributed by atoms with E-state index in [4.69, 9.17) is 93.6 Å². The molecule has 0 bridgehead atoms. The number of carbonyl (C=O) groups is 5. The highest BCUT2D eigenvalue weighted by molar-refractivity contribution is 7.59. The number of benzene rings is 9. The second-order valence-electron chi connectivity index (χ2n) is 34.8. The summed E-state index contributed by atoms with van der Waals surface area (Å²) in [5.74, 6) is -0.00128. The summed E-state index contributed by atoms with van der Waals surface area (Å²) >= 11 is 30.0. The summed E-state index contributed by atoms with van der Waals surface area (Å²) in [4.78, 5) is 63.2. The van der Waals surface area contributed by atoms with Gasteiger partial charge >= 0.3 is 5.97 Å². The van der Waals surface area contributed by atoms with Gasteiger partial charge in [-0.15, -0.1) is 0 Å². The Morgan fingerprint density at radius 1 is 0.377 bits per heavy atom. The number of nitrogens with zero attached hydrogens (tertiary/aromatic N) is 2. The van der Waals surface area contributed by atoms with E-state index >= 15 is 0 Å². The predicted octanol–water partition coefficient (Wildman–Crippen LogP) is 22.7. The van der Waals surface area contributed by atoms with Crippen LogP contribution in [0.5, 0.6) is 28.7 Å². The first-order valence-electron chi connectivity index (χ1n) is 40.6. The molecule has 9 aromatic rings. The summed E-state index contributed by atoms with van der Waals surface area (Å²) in [5, 5.41) is 45.2. The van der Waals surface area contributed by atoms with Crippen molar-refractivity contribution in [2.45, 2.75) is 214 Å². The number of hydrogen-bond donors (Lipinski definition) is 8. The number of aliphatic carboxylic acids is 1. The van der Waals surface area contributed by atoms with Gasteiger partial charge in [0.05, 0.1) is 44.4 Å². The van der Waals surface area contributed by atoms with Crippen molar-refractivity contribution < 1.29 is 53.3 Å². The second kappa shape index (κ2) is 51.3. The van der Waals surface area contributed by atoms with Crippen LogP contribution in [0.25, 0.3) is 0 Å². The van der Waals surface area contributed by atoms with Crippen LogP contribution in [0.3, 0.4) is 0 Å². The van der Waals surface area contributed by atoms with Crippen molar-refractivity contribution in [3.05, 3.63) is 287 Å². The van der Waals surface area contributed by atoms with Gasteiger partial charge in [-0.1, -0.05) is 227 Å². The van der Waals surface area contributed by atoms with Crippen LogP contribution >= 0.6 is 85.0 Å². The Morgan fingerprint density at radius 3 is 0.992 bits per heavy atom. The van der Waals surface area contributed by atoms with Gasteiger partial charge in [0.1, 0.15) is 28.7 Å². The number of carboxylic acid groups (broad SMARTS) is 1. The quantitative estimate of drug-likeness (QED) is 0.0144. The molecule has 664 valence electrons. The lowest BCUT2D eigenvalue weighted by Gasteiger charge is -2.36. The first-order valence-corrected chi connectivity index (χ1v) is 48.3. The molecule has 9 aromatic carbocycles. The van der Waals surface area contributed by atoms with E-state index in [1.54, 1.807) is 24.3 Å². The van der Waals surface area contributed by atoms with E-state index in [1.165, 1.54) is 41.5 Å². The molecule has 0 aromatic heterocycles. The molecule has 0 atom stereocenters. The highest BCUT2D eigenvalue weighted by atomic mass is 35.5. The fourth-order valence-electron chi connectivity index (χ4n) is 11.9. The maximum atomic E-state index is 13.8. The maximum absolute atomic E-state index is 13.8. The number of aromatic hydroxyl groups is 3. The first-order chi connectivity index (χ1) is 56.2. The summed E-state index contributed by atoms with van der Waals surface area (Å²) in [7, 11) is -3.85. The van der Waals surface area contributed by atoms with Crippen LogP contribution < -0.4 is 31.0 Å². The predicted molar refractivity (Wildman–Crippen MR) is 520 cm³/mol. The Kier molecular flexibility index (Phi) is 45.4. The molecule has 26 heteroatoms. The Balaban J connectivity index is 0.000000427. The van der Waals surface area contributed by atoms with E-state index in [-0.39, 0.29) is 112 Å². The maximum Gasteiger partial charge on any atom is 0.307 e. The van der Waals surface area contributed by atoms with Crippen LogP contribution in [0.1, 0.15) is 180 Å². The van der Waals surface area contributed by atoms with E-state index in [2.05, 4.69) is 187 Å². The van der Waals surface area contributed by atoms with E-state index in [0.717, 1.165) is 122 Å². The zero-order chi connectivity index (χ0) is 89.3. The van der Waals surface area contributed by atoms with E-state index in [0.29, 0.717) is 45.0 Å². The number of nitrogens with two attached hydrogens (primary N) is 2. The first kappa shape index (κ1) is 108. The molecule has 10 N–H and O–H groups in total. The molecule has 0 fully saturated rings. The molecule has 122 heavy (non-hydrogen) atoms. The number of halogens is 5. The number of nitrogens with one attached hydrogen (secondary N) is 2. The smallest absolute Gasteiger partial charge is 0.307 e. The second-order valence-corrected chi connectivity index (χ2v) is 46.3. The zero-order valence-corrected chi connectivity index (χ0v) is 81.4. The lowest BCUT2D eigenvalue weighted by Crippen LogP contribution is -2.46. The van der Waals surface area contributed by atoms with E-state index in [1.807, 2.05) is 88.7 Å². The molecule has 17 nitrogen and oxygen atoms in total. The number of phenols is 3. The van der Waals surface area contributed by atoms with Gasteiger partial charge in [0, 0.05) is 48.4 Å². The van der Waals surface area contributed by atoms with Gasteiger partial charge < -0.3 is 61.2 Å². The Labute approximate surface area is 766 Å². The third-order valence-electron chi connectivity index (χ3n) is 20.8. The SMILES string of the molecule is CC(C)(C)N(CCCCc1ccccc1)C(=O)c1ccccc1CNCCc1ccc(O)c(Cl)c1.CC(C)(C)N(CCCCc1ccccc1)C(=O)c1ccccc1CNCCc1ccc(O[Si](C)(C)C(C)(C)C)c(Cl)c1.CC(C)(C)[Si](C)(C)Oc1ccc(CC(N)=O)cc1Cl.NC(=O)Cc1ccc(O)c(Cl)c1.O=C(O)Cc1ccc(O)c(Cl)c1.S.S. The average Bonchev–Trinajstić information content (AvgIpc) is 0.828. The van der Waals surface area contributed by atoms with Crippen molar-refractivity contribution in [1.29, 1.82) is 0 Å². The van der Waals surface area contributed by atoms with Crippen molar-refractivity contribution in [1.82, 2.24) is 20.4 Å². The molecule has 0 aliphatic heterocycles. The molecular formula is C96H129Cl5N6O11S2Si2. The van der Waals surface area contributed by atoms with Gasteiger partial charge in [0.15, 0.2) is 0 Å². The Hall–Kier alpha value is -8.17. The molecule has 0 aliphatic carbocycles. The minimum Gasteiger partial charge on any atom is -0.543 e. The molecule has 4 amide bonds. The van der Waals surface area contributed by atoms with Crippen LogP contribution in [0.15, 0.2) is 200 Å². The number of rotatable bonds is 32.